The van der Waals surface area contributed by atoms with E-state index in [-0.39, 0.29) is 6.10 Å². The molecule has 0 atom stereocenters. The molecule has 0 amide bonds. The molecule has 2 rings (SSSR count). The summed E-state index contributed by atoms with van der Waals surface area (Å²) in [6, 6.07) is 11.5. The molecule has 1 aromatic heterocycles. The average molecular weight is 369 g/mol. The number of nitrogens with zero attached hydrogens (tertiary/aromatic N) is 1. The highest BCUT2D eigenvalue weighted by Gasteiger charge is 2.02. The zero-order chi connectivity index (χ0) is 19.3. The Kier molecular flexibility index (Phi) is 8.81. The minimum atomic E-state index is 0.147. The van der Waals surface area contributed by atoms with Gasteiger partial charge in [-0.2, -0.15) is 0 Å². The van der Waals surface area contributed by atoms with Gasteiger partial charge in [-0.1, -0.05) is 5.92 Å². The van der Waals surface area contributed by atoms with Gasteiger partial charge in [-0.25, -0.2) is 0 Å². The first-order chi connectivity index (χ1) is 13.2. The molecule has 2 aromatic rings. The summed E-state index contributed by atoms with van der Waals surface area (Å²) in [7, 11) is 0. The molecule has 6 heteroatoms. The quantitative estimate of drug-likeness (QED) is 0.289. The number of ether oxygens (including phenoxy) is 2. The van der Waals surface area contributed by atoms with Crippen LogP contribution >= 0.6 is 0 Å². The second kappa shape index (κ2) is 11.7. The lowest BCUT2D eigenvalue weighted by Crippen LogP contribution is -2.31. The smallest absolute Gasteiger partial charge is 0.196 e. The molecule has 27 heavy (non-hydrogen) atoms. The monoisotopic (exact) mass is 369 g/mol. The molecule has 2 N–H and O–H groups in total. The van der Waals surface area contributed by atoms with Crippen LogP contribution in [0.15, 0.2) is 52.1 Å². The molecule has 0 saturated carbocycles. The third kappa shape index (κ3) is 8.34. The van der Waals surface area contributed by atoms with E-state index in [2.05, 4.69) is 21.5 Å². The Hall–Kier alpha value is -2.91. The molecular formula is C21H27N3O3. The molecular weight excluding hydrogens is 342 g/mol. The van der Waals surface area contributed by atoms with Crippen LogP contribution in [0, 0.1) is 12.3 Å². The summed E-state index contributed by atoms with van der Waals surface area (Å²) in [5, 5.41) is 6.33. The molecule has 0 spiro atoms. The number of guanidine groups is 1. The van der Waals surface area contributed by atoms with Crippen molar-refractivity contribution in [3.05, 3.63) is 48.4 Å². The van der Waals surface area contributed by atoms with E-state index < -0.39 is 0 Å². The second-order valence-corrected chi connectivity index (χ2v) is 6.09. The number of hydrogen-bond acceptors (Lipinski definition) is 4. The van der Waals surface area contributed by atoms with Crippen LogP contribution in [0.2, 0.25) is 0 Å². The third-order valence-electron chi connectivity index (χ3n) is 3.39. The highest BCUT2D eigenvalue weighted by molar-refractivity contribution is 5.93. The predicted octanol–water partition coefficient (Wildman–Crippen LogP) is 3.66. The maximum atomic E-state index is 5.65. The first-order valence-electron chi connectivity index (χ1n) is 9.03. The van der Waals surface area contributed by atoms with E-state index in [4.69, 9.17) is 20.3 Å². The van der Waals surface area contributed by atoms with E-state index in [0.29, 0.717) is 32.3 Å². The molecule has 0 aliphatic carbocycles. The molecule has 1 heterocycles. The highest BCUT2D eigenvalue weighted by Crippen LogP contribution is 2.16. The van der Waals surface area contributed by atoms with Gasteiger partial charge in [0.1, 0.15) is 18.1 Å². The minimum absolute atomic E-state index is 0.147. The van der Waals surface area contributed by atoms with Gasteiger partial charge in [0.25, 0.3) is 0 Å². The van der Waals surface area contributed by atoms with E-state index in [1.165, 1.54) is 0 Å². The van der Waals surface area contributed by atoms with Crippen LogP contribution in [0.1, 0.15) is 26.0 Å². The van der Waals surface area contributed by atoms with Gasteiger partial charge in [0.15, 0.2) is 5.96 Å². The van der Waals surface area contributed by atoms with Crippen molar-refractivity contribution in [3.8, 4) is 18.1 Å². The number of aliphatic imine (C=N–C) groups is 1. The number of nitrogens with one attached hydrogen (secondary N) is 2. The Morgan fingerprint density at radius 2 is 2.07 bits per heavy atom. The van der Waals surface area contributed by atoms with Crippen LogP contribution in [0.25, 0.3) is 0 Å². The van der Waals surface area contributed by atoms with Crippen LogP contribution in [0.4, 0.5) is 5.69 Å². The maximum absolute atomic E-state index is 5.65. The van der Waals surface area contributed by atoms with Gasteiger partial charge in [0.05, 0.1) is 18.9 Å². The first-order valence-corrected chi connectivity index (χ1v) is 9.03. The zero-order valence-electron chi connectivity index (χ0n) is 15.9. The zero-order valence-corrected chi connectivity index (χ0v) is 15.9. The number of hydrogen-bond donors (Lipinski definition) is 2. The average Bonchev–Trinajstić information content (AvgIpc) is 3.17. The fraction of sp³-hybridized carbons (Fsp3) is 0.381. The van der Waals surface area contributed by atoms with Gasteiger partial charge in [-0.15, -0.1) is 6.42 Å². The maximum Gasteiger partial charge on any atom is 0.196 e. The summed E-state index contributed by atoms with van der Waals surface area (Å²) in [5.74, 6) is 4.84. The Morgan fingerprint density at radius 3 is 2.74 bits per heavy atom. The third-order valence-corrected chi connectivity index (χ3v) is 3.39. The van der Waals surface area contributed by atoms with Crippen molar-refractivity contribution in [3.63, 3.8) is 0 Å². The molecule has 0 aliphatic heterocycles. The number of benzene rings is 1. The van der Waals surface area contributed by atoms with Crippen LogP contribution in [0.5, 0.6) is 5.75 Å². The molecule has 144 valence electrons. The molecule has 0 unspecified atom stereocenters. The van der Waals surface area contributed by atoms with Crippen molar-refractivity contribution in [1.29, 1.82) is 0 Å². The summed E-state index contributed by atoms with van der Waals surface area (Å²) in [6.07, 6.45) is 7.92. The Morgan fingerprint density at radius 1 is 1.26 bits per heavy atom. The summed E-state index contributed by atoms with van der Waals surface area (Å²) >= 11 is 0. The summed E-state index contributed by atoms with van der Waals surface area (Å²) in [4.78, 5) is 4.53. The van der Waals surface area contributed by atoms with Crippen LogP contribution < -0.4 is 15.4 Å². The van der Waals surface area contributed by atoms with E-state index in [1.54, 1.807) is 6.26 Å². The van der Waals surface area contributed by atoms with Crippen molar-refractivity contribution in [2.45, 2.75) is 33.0 Å². The Labute approximate surface area is 161 Å². The Bertz CT molecular complexity index is 716. The lowest BCUT2D eigenvalue weighted by atomic mass is 10.3. The van der Waals surface area contributed by atoms with Crippen LogP contribution in [0.3, 0.4) is 0 Å². The van der Waals surface area contributed by atoms with Gasteiger partial charge in [0.2, 0.25) is 0 Å². The molecule has 6 nitrogen and oxygen atoms in total. The van der Waals surface area contributed by atoms with Crippen molar-refractivity contribution in [2.75, 3.05) is 25.0 Å². The summed E-state index contributed by atoms with van der Waals surface area (Å²) in [6.45, 7) is 6.09. The predicted molar refractivity (Wildman–Crippen MR) is 108 cm³/mol. The van der Waals surface area contributed by atoms with E-state index in [9.17, 15) is 0 Å². The minimum Gasteiger partial charge on any atom is -0.491 e. The molecule has 1 aromatic carbocycles. The summed E-state index contributed by atoms with van der Waals surface area (Å²) in [5.41, 5.74) is 0.906. The van der Waals surface area contributed by atoms with Gasteiger partial charge < -0.3 is 24.5 Å². The van der Waals surface area contributed by atoms with Gasteiger partial charge in [-0.3, -0.25) is 4.99 Å². The fourth-order valence-electron chi connectivity index (χ4n) is 2.23. The number of anilines is 1. The topological polar surface area (TPSA) is 68.0 Å². The molecule has 0 saturated heterocycles. The standard InChI is InChI=1S/C21H27N3O3/c1-4-12-22-21(23-13-6-14-25-16-20-7-5-15-26-20)24-18-8-10-19(11-9-18)27-17(2)3/h1,5,7-11,15,17H,6,12-14,16H2,2-3H3,(H2,22,23,24). The normalized spacial score (nSPS) is 11.3. The largest absolute Gasteiger partial charge is 0.491 e. The molecule has 0 radical (unpaired) electrons. The lowest BCUT2D eigenvalue weighted by Gasteiger charge is -2.13. The van der Waals surface area contributed by atoms with Crippen LogP contribution in [-0.2, 0) is 11.3 Å². The van der Waals surface area contributed by atoms with E-state index in [1.807, 2.05) is 50.2 Å². The van der Waals surface area contributed by atoms with Gasteiger partial charge in [0, 0.05) is 18.8 Å². The van der Waals surface area contributed by atoms with Gasteiger partial charge >= 0.3 is 0 Å². The van der Waals surface area contributed by atoms with Crippen molar-refractivity contribution in [2.24, 2.45) is 4.99 Å². The number of furan rings is 1. The van der Waals surface area contributed by atoms with Gasteiger partial charge in [-0.05, 0) is 56.7 Å². The van der Waals surface area contributed by atoms with E-state index >= 15 is 0 Å². The van der Waals surface area contributed by atoms with Crippen molar-refractivity contribution in [1.82, 2.24) is 5.32 Å². The Balaban J connectivity index is 1.78. The number of terminal acetylenes is 1. The van der Waals surface area contributed by atoms with Crippen molar-refractivity contribution < 1.29 is 13.9 Å². The highest BCUT2D eigenvalue weighted by atomic mass is 16.5. The number of rotatable bonds is 10. The SMILES string of the molecule is C#CCNC(=NCCCOCc1ccco1)Nc1ccc(OC(C)C)cc1. The fourth-order valence-corrected chi connectivity index (χ4v) is 2.23. The lowest BCUT2D eigenvalue weighted by molar-refractivity contribution is 0.105. The molecule has 0 bridgehead atoms. The second-order valence-electron chi connectivity index (χ2n) is 6.09. The van der Waals surface area contributed by atoms with E-state index in [0.717, 1.165) is 23.6 Å². The first kappa shape index (κ1) is 20.4. The molecule has 0 aliphatic rings. The summed E-state index contributed by atoms with van der Waals surface area (Å²) < 4.78 is 16.4. The van der Waals surface area contributed by atoms with Crippen molar-refractivity contribution >= 4 is 11.6 Å². The molecule has 0 fully saturated rings. The van der Waals surface area contributed by atoms with Crippen LogP contribution in [-0.4, -0.2) is 31.8 Å².